The highest BCUT2D eigenvalue weighted by Gasteiger charge is 2.12. The van der Waals surface area contributed by atoms with E-state index in [9.17, 15) is 4.79 Å². The van der Waals surface area contributed by atoms with Crippen molar-refractivity contribution in [2.24, 2.45) is 0 Å². The normalized spacial score (nSPS) is 10.1. The summed E-state index contributed by atoms with van der Waals surface area (Å²) in [6.45, 7) is 1.35. The van der Waals surface area contributed by atoms with E-state index in [1.807, 2.05) is 7.05 Å². The van der Waals surface area contributed by atoms with E-state index in [1.54, 1.807) is 11.9 Å². The van der Waals surface area contributed by atoms with Crippen LogP contribution in [0.4, 0.5) is 0 Å². The van der Waals surface area contributed by atoms with E-state index in [0.717, 1.165) is 6.54 Å². The van der Waals surface area contributed by atoms with Crippen molar-refractivity contribution < 1.29 is 4.79 Å². The summed E-state index contributed by atoms with van der Waals surface area (Å²) in [7, 11) is 3.54. The molecule has 15 heavy (non-hydrogen) atoms. The second kappa shape index (κ2) is 5.63. The van der Waals surface area contributed by atoms with Gasteiger partial charge in [0, 0.05) is 20.1 Å². The van der Waals surface area contributed by atoms with Crippen LogP contribution in [0.1, 0.15) is 10.5 Å². The lowest BCUT2D eigenvalue weighted by atomic mass is 10.4. The zero-order valence-corrected chi connectivity index (χ0v) is 9.45. The van der Waals surface area contributed by atoms with Crippen molar-refractivity contribution in [1.82, 2.24) is 20.2 Å². The molecule has 1 N–H and O–H groups in total. The predicted octanol–water partition coefficient (Wildman–Crippen LogP) is 0.421. The van der Waals surface area contributed by atoms with Crippen LogP contribution in [-0.4, -0.2) is 48.0 Å². The third kappa shape index (κ3) is 3.45. The van der Waals surface area contributed by atoms with E-state index >= 15 is 0 Å². The summed E-state index contributed by atoms with van der Waals surface area (Å²) in [5.41, 5.74) is 0.265. The van der Waals surface area contributed by atoms with Crippen molar-refractivity contribution in [3.05, 3.63) is 23.2 Å². The maximum atomic E-state index is 11.7. The van der Waals surface area contributed by atoms with Gasteiger partial charge in [0.25, 0.3) is 5.91 Å². The fourth-order valence-corrected chi connectivity index (χ4v) is 1.17. The minimum atomic E-state index is -0.180. The van der Waals surface area contributed by atoms with Crippen molar-refractivity contribution in [2.75, 3.05) is 27.2 Å². The summed E-state index contributed by atoms with van der Waals surface area (Å²) < 4.78 is 0. The Morgan fingerprint density at radius 3 is 2.93 bits per heavy atom. The van der Waals surface area contributed by atoms with E-state index in [4.69, 9.17) is 11.6 Å². The quantitative estimate of drug-likeness (QED) is 0.812. The van der Waals surface area contributed by atoms with Crippen LogP contribution in [0.25, 0.3) is 0 Å². The molecule has 0 aliphatic heterocycles. The molecule has 0 aliphatic rings. The molecule has 0 radical (unpaired) electrons. The molecule has 5 nitrogen and oxygen atoms in total. The molecule has 1 amide bonds. The number of nitrogens with one attached hydrogen (secondary N) is 1. The Morgan fingerprint density at radius 1 is 1.60 bits per heavy atom. The molecular weight excluding hydrogens is 216 g/mol. The van der Waals surface area contributed by atoms with Gasteiger partial charge in [-0.3, -0.25) is 9.78 Å². The Kier molecular flexibility index (Phi) is 4.45. The fraction of sp³-hybridized carbons (Fsp3) is 0.444. The number of nitrogens with zero attached hydrogens (tertiary/aromatic N) is 3. The van der Waals surface area contributed by atoms with Gasteiger partial charge < -0.3 is 10.2 Å². The molecule has 1 rings (SSSR count). The smallest absolute Gasteiger partial charge is 0.273 e. The highest BCUT2D eigenvalue weighted by molar-refractivity contribution is 6.29. The van der Waals surface area contributed by atoms with E-state index in [1.165, 1.54) is 12.4 Å². The van der Waals surface area contributed by atoms with E-state index in [0.29, 0.717) is 6.54 Å². The summed E-state index contributed by atoms with van der Waals surface area (Å²) in [6.07, 6.45) is 2.80. The van der Waals surface area contributed by atoms with Crippen molar-refractivity contribution in [1.29, 1.82) is 0 Å². The van der Waals surface area contributed by atoms with E-state index in [-0.39, 0.29) is 16.8 Å². The fourth-order valence-electron chi connectivity index (χ4n) is 1.02. The third-order valence-corrected chi connectivity index (χ3v) is 2.05. The van der Waals surface area contributed by atoms with Gasteiger partial charge in [-0.25, -0.2) is 4.98 Å². The minimum Gasteiger partial charge on any atom is -0.339 e. The number of amides is 1. The second-order valence-electron chi connectivity index (χ2n) is 3.06. The number of carbonyl (C=O) groups is 1. The average Bonchev–Trinajstić information content (AvgIpc) is 2.24. The Balaban J connectivity index is 2.67. The molecule has 0 atom stereocenters. The predicted molar refractivity (Wildman–Crippen MR) is 57.9 cm³/mol. The lowest BCUT2D eigenvalue weighted by Gasteiger charge is -2.15. The van der Waals surface area contributed by atoms with Gasteiger partial charge in [0.05, 0.1) is 12.4 Å². The number of carbonyl (C=O) groups excluding carboxylic acids is 1. The molecule has 6 heteroatoms. The lowest BCUT2D eigenvalue weighted by Crippen LogP contribution is -2.33. The first kappa shape index (κ1) is 11.9. The number of halogens is 1. The molecule has 0 aromatic carbocycles. The Labute approximate surface area is 93.5 Å². The summed E-state index contributed by atoms with van der Waals surface area (Å²) in [5, 5.41) is 3.19. The van der Waals surface area contributed by atoms with Crippen LogP contribution < -0.4 is 5.32 Å². The number of rotatable bonds is 4. The maximum Gasteiger partial charge on any atom is 0.273 e. The first-order chi connectivity index (χ1) is 7.15. The Hall–Kier alpha value is -1.20. The summed E-state index contributed by atoms with van der Waals surface area (Å²) in [4.78, 5) is 21.0. The van der Waals surface area contributed by atoms with Gasteiger partial charge in [0.15, 0.2) is 0 Å². The highest BCUT2D eigenvalue weighted by Crippen LogP contribution is 2.04. The summed E-state index contributed by atoms with van der Waals surface area (Å²) in [6, 6.07) is 0. The minimum absolute atomic E-state index is 0.180. The molecule has 1 heterocycles. The van der Waals surface area contributed by atoms with Gasteiger partial charge in [-0.05, 0) is 7.05 Å². The van der Waals surface area contributed by atoms with Crippen molar-refractivity contribution >= 4 is 17.5 Å². The monoisotopic (exact) mass is 228 g/mol. The number of hydrogen-bond acceptors (Lipinski definition) is 4. The lowest BCUT2D eigenvalue weighted by molar-refractivity contribution is 0.0790. The molecule has 1 aromatic rings. The van der Waals surface area contributed by atoms with Crippen LogP contribution in [0.5, 0.6) is 0 Å². The highest BCUT2D eigenvalue weighted by atomic mass is 35.5. The first-order valence-electron chi connectivity index (χ1n) is 4.52. The van der Waals surface area contributed by atoms with Crippen LogP contribution in [0.15, 0.2) is 12.4 Å². The van der Waals surface area contributed by atoms with Gasteiger partial charge in [-0.1, -0.05) is 11.6 Å². The molecule has 0 bridgehead atoms. The number of likely N-dealkylation sites (N-methyl/N-ethyl adjacent to an activating group) is 2. The summed E-state index contributed by atoms with van der Waals surface area (Å²) >= 11 is 5.64. The van der Waals surface area contributed by atoms with Crippen molar-refractivity contribution in [3.8, 4) is 0 Å². The van der Waals surface area contributed by atoms with E-state index < -0.39 is 0 Å². The van der Waals surface area contributed by atoms with Gasteiger partial charge >= 0.3 is 0 Å². The SMILES string of the molecule is CNCCN(C)C(=O)c1cncc(Cl)n1. The maximum absolute atomic E-state index is 11.7. The van der Waals surface area contributed by atoms with Gasteiger partial charge in [0.1, 0.15) is 10.8 Å². The third-order valence-electron chi connectivity index (χ3n) is 1.87. The zero-order chi connectivity index (χ0) is 11.3. The number of hydrogen-bond donors (Lipinski definition) is 1. The van der Waals surface area contributed by atoms with Gasteiger partial charge in [0.2, 0.25) is 0 Å². The van der Waals surface area contributed by atoms with Crippen molar-refractivity contribution in [3.63, 3.8) is 0 Å². The van der Waals surface area contributed by atoms with Crippen LogP contribution in [0.3, 0.4) is 0 Å². The van der Waals surface area contributed by atoms with Crippen molar-refractivity contribution in [2.45, 2.75) is 0 Å². The molecule has 0 aliphatic carbocycles. The molecule has 1 aromatic heterocycles. The van der Waals surface area contributed by atoms with Gasteiger partial charge in [-0.2, -0.15) is 0 Å². The Morgan fingerprint density at radius 2 is 2.33 bits per heavy atom. The first-order valence-corrected chi connectivity index (χ1v) is 4.90. The molecule has 0 unspecified atom stereocenters. The average molecular weight is 229 g/mol. The molecule has 0 fully saturated rings. The summed E-state index contributed by atoms with van der Waals surface area (Å²) in [5.74, 6) is -0.180. The van der Waals surface area contributed by atoms with Crippen LogP contribution in [0, 0.1) is 0 Å². The number of aromatic nitrogens is 2. The van der Waals surface area contributed by atoms with Crippen LogP contribution in [0.2, 0.25) is 5.15 Å². The largest absolute Gasteiger partial charge is 0.339 e. The Bertz CT molecular complexity index is 345. The van der Waals surface area contributed by atoms with Crippen LogP contribution in [-0.2, 0) is 0 Å². The van der Waals surface area contributed by atoms with Gasteiger partial charge in [-0.15, -0.1) is 0 Å². The molecule has 82 valence electrons. The topological polar surface area (TPSA) is 58.1 Å². The van der Waals surface area contributed by atoms with Crippen LogP contribution >= 0.6 is 11.6 Å². The zero-order valence-electron chi connectivity index (χ0n) is 8.70. The standard InChI is InChI=1S/C9H13ClN4O/c1-11-3-4-14(2)9(15)7-5-12-6-8(10)13-7/h5-6,11H,3-4H2,1-2H3. The second-order valence-corrected chi connectivity index (χ2v) is 3.44. The van der Waals surface area contributed by atoms with E-state index in [2.05, 4.69) is 15.3 Å². The molecule has 0 spiro atoms. The molecule has 0 saturated carbocycles. The molecule has 0 saturated heterocycles. The molecular formula is C9H13ClN4O.